The first-order valence-corrected chi connectivity index (χ1v) is 21.3. The van der Waals surface area contributed by atoms with Gasteiger partial charge in [-0.2, -0.15) is 0 Å². The van der Waals surface area contributed by atoms with Crippen LogP contribution in [-0.4, -0.2) is 33.2 Å². The highest BCUT2D eigenvalue weighted by atomic mass is 16.3. The Labute approximate surface area is 298 Å². The number of aliphatic hydroxyl groups is 2. The average Bonchev–Trinajstić information content (AvgIpc) is 3.06. The Morgan fingerprint density at radius 2 is 0.479 bits per heavy atom. The monoisotopic (exact) mass is 681 g/mol. The zero-order valence-corrected chi connectivity index (χ0v) is 32.3. The predicted octanol–water partition coefficient (Wildman–Crippen LogP) is 11.5. The number of rotatable bonds is 39. The maximum atomic E-state index is 12.1. The fourth-order valence-electron chi connectivity index (χ4n) is 7.16. The van der Waals surface area contributed by atoms with Crippen molar-refractivity contribution in [3.8, 4) is 0 Å². The number of primary amides is 2. The zero-order valence-electron chi connectivity index (χ0n) is 32.3. The molecule has 0 rings (SSSR count). The SMILES string of the molecule is CCCCCCCCCCCCCCCCC(O)(CCCCCCC(O)(CCCCCCCCCCCCCCCC)C(N)=O)C(N)=O. The molecule has 0 aromatic carbocycles. The van der Waals surface area contributed by atoms with E-state index in [1.54, 1.807) is 0 Å². The lowest BCUT2D eigenvalue weighted by Crippen LogP contribution is -2.44. The predicted molar refractivity (Wildman–Crippen MR) is 206 cm³/mol. The summed E-state index contributed by atoms with van der Waals surface area (Å²) < 4.78 is 0. The van der Waals surface area contributed by atoms with Crippen LogP contribution in [0.4, 0.5) is 0 Å². The maximum Gasteiger partial charge on any atom is 0.249 e. The molecule has 286 valence electrons. The van der Waals surface area contributed by atoms with E-state index in [1.165, 1.54) is 141 Å². The van der Waals surface area contributed by atoms with Crippen molar-refractivity contribution in [2.24, 2.45) is 11.5 Å². The molecule has 0 aliphatic heterocycles. The largest absolute Gasteiger partial charge is 0.380 e. The van der Waals surface area contributed by atoms with Gasteiger partial charge >= 0.3 is 0 Å². The van der Waals surface area contributed by atoms with Gasteiger partial charge < -0.3 is 21.7 Å². The summed E-state index contributed by atoms with van der Waals surface area (Å²) in [5.41, 5.74) is 8.36. The first-order chi connectivity index (χ1) is 23.2. The van der Waals surface area contributed by atoms with Gasteiger partial charge in [-0.25, -0.2) is 0 Å². The highest BCUT2D eigenvalue weighted by Gasteiger charge is 2.33. The summed E-state index contributed by atoms with van der Waals surface area (Å²) in [6, 6.07) is 0. The molecule has 0 aromatic heterocycles. The van der Waals surface area contributed by atoms with E-state index in [9.17, 15) is 19.8 Å². The number of hydrogen-bond donors (Lipinski definition) is 4. The first kappa shape index (κ1) is 46.9. The Morgan fingerprint density at radius 3 is 0.625 bits per heavy atom. The summed E-state index contributed by atoms with van der Waals surface area (Å²) in [6.45, 7) is 4.53. The minimum absolute atomic E-state index is 0.375. The Bertz CT molecular complexity index is 672. The Hall–Kier alpha value is -1.14. The van der Waals surface area contributed by atoms with Crippen molar-refractivity contribution in [2.45, 2.75) is 256 Å². The number of nitrogens with two attached hydrogens (primary N) is 2. The van der Waals surface area contributed by atoms with Crippen molar-refractivity contribution in [3.05, 3.63) is 0 Å². The quantitative estimate of drug-likeness (QED) is 0.0482. The smallest absolute Gasteiger partial charge is 0.249 e. The second kappa shape index (κ2) is 33.0. The van der Waals surface area contributed by atoms with Gasteiger partial charge in [-0.1, -0.05) is 219 Å². The molecule has 6 nitrogen and oxygen atoms in total. The minimum atomic E-state index is -1.43. The van der Waals surface area contributed by atoms with Gasteiger partial charge in [0.2, 0.25) is 11.8 Å². The Morgan fingerprint density at radius 1 is 0.333 bits per heavy atom. The van der Waals surface area contributed by atoms with Crippen LogP contribution < -0.4 is 11.5 Å². The average molecular weight is 681 g/mol. The molecule has 2 unspecified atom stereocenters. The molecule has 0 aliphatic carbocycles. The third kappa shape index (κ3) is 27.7. The summed E-state index contributed by atoms with van der Waals surface area (Å²) in [5, 5.41) is 21.8. The lowest BCUT2D eigenvalue weighted by molar-refractivity contribution is -0.138. The van der Waals surface area contributed by atoms with Gasteiger partial charge in [0.05, 0.1) is 0 Å². The first-order valence-electron chi connectivity index (χ1n) is 21.3. The van der Waals surface area contributed by atoms with Crippen molar-refractivity contribution < 1.29 is 19.8 Å². The minimum Gasteiger partial charge on any atom is -0.380 e. The van der Waals surface area contributed by atoms with E-state index in [-0.39, 0.29) is 0 Å². The van der Waals surface area contributed by atoms with Crippen LogP contribution in [0.1, 0.15) is 245 Å². The van der Waals surface area contributed by atoms with Crippen LogP contribution in [0.5, 0.6) is 0 Å². The number of amides is 2. The Balaban J connectivity index is 3.91. The van der Waals surface area contributed by atoms with Gasteiger partial charge in [-0.05, 0) is 25.7 Å². The lowest BCUT2D eigenvalue weighted by Gasteiger charge is -2.25. The lowest BCUT2D eigenvalue weighted by atomic mass is 9.87. The molecule has 6 N–H and O–H groups in total. The van der Waals surface area contributed by atoms with Crippen molar-refractivity contribution in [2.75, 3.05) is 0 Å². The fraction of sp³-hybridized carbons (Fsp3) is 0.952. The Kier molecular flexibility index (Phi) is 32.2. The highest BCUT2D eigenvalue weighted by molar-refractivity contribution is 5.83. The molecular formula is C42H84N2O4. The fourth-order valence-corrected chi connectivity index (χ4v) is 7.16. The molecule has 0 fully saturated rings. The molecule has 0 aliphatic rings. The van der Waals surface area contributed by atoms with E-state index in [1.807, 2.05) is 0 Å². The van der Waals surface area contributed by atoms with Crippen LogP contribution in [0.3, 0.4) is 0 Å². The van der Waals surface area contributed by atoms with Crippen LogP contribution in [0.15, 0.2) is 0 Å². The molecular weight excluding hydrogens is 596 g/mol. The van der Waals surface area contributed by atoms with Crippen LogP contribution in [0, 0.1) is 0 Å². The van der Waals surface area contributed by atoms with Crippen molar-refractivity contribution in [1.29, 1.82) is 0 Å². The van der Waals surface area contributed by atoms with E-state index >= 15 is 0 Å². The molecule has 6 heteroatoms. The summed E-state index contributed by atoms with van der Waals surface area (Å²) in [4.78, 5) is 24.1. The third-order valence-corrected chi connectivity index (χ3v) is 10.7. The summed E-state index contributed by atoms with van der Waals surface area (Å²) in [7, 11) is 0. The van der Waals surface area contributed by atoms with Gasteiger partial charge in [0.15, 0.2) is 0 Å². The van der Waals surface area contributed by atoms with E-state index < -0.39 is 23.0 Å². The summed E-state index contributed by atoms with van der Waals surface area (Å²) in [6.07, 6.45) is 40.2. The van der Waals surface area contributed by atoms with Crippen LogP contribution in [0.2, 0.25) is 0 Å². The normalized spacial score (nSPS) is 14.2. The third-order valence-electron chi connectivity index (χ3n) is 10.7. The molecule has 0 bridgehead atoms. The number of carbonyl (C=O) groups is 2. The maximum absolute atomic E-state index is 12.1. The summed E-state index contributed by atoms with van der Waals surface area (Å²) in [5.74, 6) is -1.23. The van der Waals surface area contributed by atoms with Gasteiger partial charge in [0.1, 0.15) is 11.2 Å². The molecule has 0 saturated carbocycles. The highest BCUT2D eigenvalue weighted by Crippen LogP contribution is 2.26. The summed E-state index contributed by atoms with van der Waals surface area (Å²) >= 11 is 0. The van der Waals surface area contributed by atoms with Crippen molar-refractivity contribution in [1.82, 2.24) is 0 Å². The molecule has 0 aromatic rings. The second-order valence-electron chi connectivity index (χ2n) is 15.4. The molecule has 48 heavy (non-hydrogen) atoms. The zero-order chi connectivity index (χ0) is 35.6. The van der Waals surface area contributed by atoms with E-state index in [0.717, 1.165) is 51.4 Å². The molecule has 2 atom stereocenters. The number of hydrogen-bond acceptors (Lipinski definition) is 4. The second-order valence-corrected chi connectivity index (χ2v) is 15.4. The van der Waals surface area contributed by atoms with E-state index in [0.29, 0.717) is 38.5 Å². The standard InChI is InChI=1S/C42H84N2O4/c1-3-5-7-9-11-13-15-17-19-21-23-25-27-31-35-41(47,39(43)45)37-33-29-30-34-38-42(48,40(44)46)36-32-28-26-24-22-20-18-16-14-12-10-8-6-4-2/h47-48H,3-38H2,1-2H3,(H2,43,45)(H2,44,46). The molecule has 0 radical (unpaired) electrons. The molecule has 0 spiro atoms. The molecule has 0 heterocycles. The molecule has 2 amide bonds. The van der Waals surface area contributed by atoms with Gasteiger partial charge in [0.25, 0.3) is 0 Å². The van der Waals surface area contributed by atoms with Crippen molar-refractivity contribution >= 4 is 11.8 Å². The number of unbranched alkanes of at least 4 members (excludes halogenated alkanes) is 29. The van der Waals surface area contributed by atoms with Crippen LogP contribution in [-0.2, 0) is 9.59 Å². The van der Waals surface area contributed by atoms with Crippen LogP contribution >= 0.6 is 0 Å². The number of carbonyl (C=O) groups excluding carboxylic acids is 2. The topological polar surface area (TPSA) is 127 Å². The van der Waals surface area contributed by atoms with Gasteiger partial charge in [-0.3, -0.25) is 9.59 Å². The molecule has 0 saturated heterocycles. The van der Waals surface area contributed by atoms with Gasteiger partial charge in [0, 0.05) is 0 Å². The van der Waals surface area contributed by atoms with E-state index in [2.05, 4.69) is 13.8 Å². The van der Waals surface area contributed by atoms with Crippen LogP contribution in [0.25, 0.3) is 0 Å². The van der Waals surface area contributed by atoms with Crippen molar-refractivity contribution in [3.63, 3.8) is 0 Å². The van der Waals surface area contributed by atoms with E-state index in [4.69, 9.17) is 11.5 Å². The van der Waals surface area contributed by atoms with Gasteiger partial charge in [-0.15, -0.1) is 0 Å².